The molecule has 2 unspecified atom stereocenters. The number of unbranched alkanes of at least 4 members (excludes halogenated alkanes) is 18. The quantitative estimate of drug-likeness (QED) is 0.0998. The van der Waals surface area contributed by atoms with Crippen molar-refractivity contribution >= 4 is 0 Å². The standard InChI is InChI=1S/C28H59NO3/c1-3-5-7-9-11-13-15-17-19-21-23-27(30)25-29(32)26-28(31)24-22-20-18-16-14-12-10-8-6-4-2/h27-31H,3-26H2,1-2H3. The first-order chi connectivity index (χ1) is 15.6. The molecular formula is C28H59NO3. The van der Waals surface area contributed by atoms with Crippen LogP contribution in [0.5, 0.6) is 0 Å². The smallest absolute Gasteiger partial charge is 0.103 e. The summed E-state index contributed by atoms with van der Waals surface area (Å²) in [4.78, 5) is 0. The van der Waals surface area contributed by atoms with Gasteiger partial charge in [-0.1, -0.05) is 142 Å². The van der Waals surface area contributed by atoms with Crippen LogP contribution in [-0.2, 0) is 0 Å². The minimum Gasteiger partial charge on any atom is -0.634 e. The van der Waals surface area contributed by atoms with Crippen molar-refractivity contribution in [2.45, 2.75) is 167 Å². The van der Waals surface area contributed by atoms with Crippen molar-refractivity contribution in [3.63, 3.8) is 0 Å². The minimum atomic E-state index is -0.527. The van der Waals surface area contributed by atoms with Gasteiger partial charge in [0.15, 0.2) is 0 Å². The van der Waals surface area contributed by atoms with Crippen molar-refractivity contribution in [2.75, 3.05) is 13.1 Å². The van der Waals surface area contributed by atoms with Crippen LogP contribution in [0.1, 0.15) is 155 Å². The lowest BCUT2D eigenvalue weighted by Crippen LogP contribution is -3.09. The molecule has 0 aliphatic carbocycles. The third kappa shape index (κ3) is 24.5. The molecule has 0 spiro atoms. The van der Waals surface area contributed by atoms with E-state index in [-0.39, 0.29) is 18.2 Å². The van der Waals surface area contributed by atoms with Crippen molar-refractivity contribution in [3.05, 3.63) is 5.21 Å². The van der Waals surface area contributed by atoms with E-state index >= 15 is 0 Å². The lowest BCUT2D eigenvalue weighted by atomic mass is 10.0. The molecule has 0 aromatic carbocycles. The molecule has 0 saturated heterocycles. The maximum absolute atomic E-state index is 12.1. The van der Waals surface area contributed by atoms with Crippen LogP contribution < -0.4 is 5.06 Å². The van der Waals surface area contributed by atoms with Gasteiger partial charge in [0.2, 0.25) is 0 Å². The Morgan fingerprint density at radius 3 is 1.00 bits per heavy atom. The van der Waals surface area contributed by atoms with Gasteiger partial charge >= 0.3 is 0 Å². The highest BCUT2D eigenvalue weighted by Gasteiger charge is 2.13. The Kier molecular flexibility index (Phi) is 25.3. The molecule has 2 atom stereocenters. The molecule has 3 N–H and O–H groups in total. The predicted molar refractivity (Wildman–Crippen MR) is 139 cm³/mol. The summed E-state index contributed by atoms with van der Waals surface area (Å²) in [5.74, 6) is 0. The van der Waals surface area contributed by atoms with Crippen LogP contribution in [-0.4, -0.2) is 35.5 Å². The summed E-state index contributed by atoms with van der Waals surface area (Å²) < 4.78 is 0. The molecule has 0 fully saturated rings. The molecule has 0 rings (SSSR count). The van der Waals surface area contributed by atoms with Crippen LogP contribution in [0.4, 0.5) is 0 Å². The zero-order valence-corrected chi connectivity index (χ0v) is 21.9. The Balaban J connectivity index is 3.44. The molecule has 0 heterocycles. The van der Waals surface area contributed by atoms with E-state index in [0.29, 0.717) is 0 Å². The molecule has 0 aromatic heterocycles. The molecule has 0 aliphatic heterocycles. The largest absolute Gasteiger partial charge is 0.634 e. The fourth-order valence-electron chi connectivity index (χ4n) is 4.55. The van der Waals surface area contributed by atoms with Gasteiger partial charge in [0.1, 0.15) is 25.3 Å². The first-order valence-corrected chi connectivity index (χ1v) is 14.5. The highest BCUT2D eigenvalue weighted by molar-refractivity contribution is 4.58. The summed E-state index contributed by atoms with van der Waals surface area (Å²) in [7, 11) is 0. The summed E-state index contributed by atoms with van der Waals surface area (Å²) in [6.45, 7) is 4.94. The normalized spacial score (nSPS) is 14.5. The molecule has 0 amide bonds. The number of hydrogen-bond donors (Lipinski definition) is 3. The maximum atomic E-state index is 12.1. The van der Waals surface area contributed by atoms with Crippen molar-refractivity contribution in [1.82, 2.24) is 0 Å². The molecule has 0 aromatic rings. The van der Waals surface area contributed by atoms with Gasteiger partial charge in [0.25, 0.3) is 0 Å². The highest BCUT2D eigenvalue weighted by Crippen LogP contribution is 2.13. The van der Waals surface area contributed by atoms with Crippen molar-refractivity contribution in [3.8, 4) is 0 Å². The van der Waals surface area contributed by atoms with Gasteiger partial charge in [-0.05, 0) is 12.8 Å². The highest BCUT2D eigenvalue weighted by atomic mass is 16.5. The number of aliphatic hydroxyl groups excluding tert-OH is 2. The zero-order chi connectivity index (χ0) is 23.7. The molecule has 0 aliphatic rings. The average molecular weight is 458 g/mol. The zero-order valence-electron chi connectivity index (χ0n) is 21.9. The Bertz CT molecular complexity index is 322. The van der Waals surface area contributed by atoms with Gasteiger partial charge in [0, 0.05) is 0 Å². The van der Waals surface area contributed by atoms with Gasteiger partial charge in [-0.15, -0.1) is 0 Å². The van der Waals surface area contributed by atoms with Crippen LogP contribution in [0.15, 0.2) is 0 Å². The summed E-state index contributed by atoms with van der Waals surface area (Å²) in [6, 6.07) is 0. The van der Waals surface area contributed by atoms with E-state index in [1.165, 1.54) is 103 Å². The number of hydroxylamine groups is 2. The van der Waals surface area contributed by atoms with E-state index in [1.54, 1.807) is 0 Å². The molecular weight excluding hydrogens is 398 g/mol. The molecule has 32 heavy (non-hydrogen) atoms. The SMILES string of the molecule is CCCCCCCCCCCCC(O)C[NH+]([O-])CC(O)CCCCCCCCCCCC. The van der Waals surface area contributed by atoms with E-state index in [9.17, 15) is 15.4 Å². The van der Waals surface area contributed by atoms with Crippen molar-refractivity contribution < 1.29 is 15.3 Å². The van der Waals surface area contributed by atoms with E-state index in [4.69, 9.17) is 0 Å². The molecule has 194 valence electrons. The van der Waals surface area contributed by atoms with Crippen LogP contribution in [0.25, 0.3) is 0 Å². The molecule has 0 bridgehead atoms. The lowest BCUT2D eigenvalue weighted by molar-refractivity contribution is -0.855. The second-order valence-corrected chi connectivity index (χ2v) is 10.2. The first-order valence-electron chi connectivity index (χ1n) is 14.5. The molecule has 0 saturated carbocycles. The predicted octanol–water partition coefficient (Wildman–Crippen LogP) is 6.71. The third-order valence-electron chi connectivity index (χ3n) is 6.71. The van der Waals surface area contributed by atoms with Gasteiger partial charge < -0.3 is 20.5 Å². The van der Waals surface area contributed by atoms with Gasteiger partial charge in [-0.3, -0.25) is 0 Å². The Labute approximate surface area is 201 Å². The first kappa shape index (κ1) is 31.8. The number of hydrogen-bond acceptors (Lipinski definition) is 3. The van der Waals surface area contributed by atoms with E-state index < -0.39 is 12.2 Å². The van der Waals surface area contributed by atoms with Crippen molar-refractivity contribution in [1.29, 1.82) is 0 Å². The summed E-state index contributed by atoms with van der Waals surface area (Å²) >= 11 is 0. The van der Waals surface area contributed by atoms with Gasteiger partial charge in [-0.25, -0.2) is 0 Å². The Morgan fingerprint density at radius 1 is 0.469 bits per heavy atom. The van der Waals surface area contributed by atoms with Gasteiger partial charge in [-0.2, -0.15) is 0 Å². The number of rotatable bonds is 26. The van der Waals surface area contributed by atoms with Crippen LogP contribution in [0, 0.1) is 5.21 Å². The Hall–Kier alpha value is -0.160. The summed E-state index contributed by atoms with van der Waals surface area (Å²) in [5, 5.41) is 32.4. The second kappa shape index (κ2) is 25.5. The third-order valence-corrected chi connectivity index (χ3v) is 6.71. The van der Waals surface area contributed by atoms with E-state index in [2.05, 4.69) is 13.8 Å². The van der Waals surface area contributed by atoms with E-state index in [0.717, 1.165) is 38.5 Å². The Morgan fingerprint density at radius 2 is 0.719 bits per heavy atom. The topological polar surface area (TPSA) is 68.0 Å². The molecule has 0 radical (unpaired) electrons. The van der Waals surface area contributed by atoms with Gasteiger partial charge in [0.05, 0.1) is 0 Å². The fourth-order valence-corrected chi connectivity index (χ4v) is 4.55. The molecule has 4 heteroatoms. The monoisotopic (exact) mass is 457 g/mol. The van der Waals surface area contributed by atoms with Crippen LogP contribution in [0.3, 0.4) is 0 Å². The minimum absolute atomic E-state index is 0.0177. The van der Waals surface area contributed by atoms with Crippen LogP contribution in [0.2, 0.25) is 0 Å². The second-order valence-electron chi connectivity index (χ2n) is 10.2. The number of nitrogens with one attached hydrogen (secondary N) is 1. The summed E-state index contributed by atoms with van der Waals surface area (Å²) in [5.41, 5.74) is 0. The fraction of sp³-hybridized carbons (Fsp3) is 1.00. The summed E-state index contributed by atoms with van der Waals surface area (Å²) in [6.07, 6.45) is 26.0. The molecule has 4 nitrogen and oxygen atoms in total. The average Bonchev–Trinajstić information content (AvgIpc) is 2.76. The number of aliphatic hydroxyl groups is 2. The lowest BCUT2D eigenvalue weighted by Gasteiger charge is -2.27. The van der Waals surface area contributed by atoms with Crippen molar-refractivity contribution in [2.24, 2.45) is 0 Å². The number of quaternary nitrogens is 1. The van der Waals surface area contributed by atoms with Crippen LogP contribution >= 0.6 is 0 Å². The van der Waals surface area contributed by atoms with E-state index in [1.807, 2.05) is 0 Å². The maximum Gasteiger partial charge on any atom is 0.103 e.